The number of aldehydes is 1. The van der Waals surface area contributed by atoms with Crippen LogP contribution in [0.1, 0.15) is 16.1 Å². The molecule has 0 aliphatic heterocycles. The normalized spacial score (nSPS) is 10.7. The third-order valence-electron chi connectivity index (χ3n) is 3.05. The Hall–Kier alpha value is -2.42. The molecule has 18 heavy (non-hydrogen) atoms. The molecular weight excluding hydrogens is 224 g/mol. The number of hydrogen-bond acceptors (Lipinski definition) is 2. The van der Waals surface area contributed by atoms with Gasteiger partial charge in [0.2, 0.25) is 0 Å². The lowest BCUT2D eigenvalue weighted by Crippen LogP contribution is -1.96. The highest BCUT2D eigenvalue weighted by atomic mass is 16.1. The first-order chi connectivity index (χ1) is 8.79. The van der Waals surface area contributed by atoms with Crippen molar-refractivity contribution in [2.75, 3.05) is 0 Å². The summed E-state index contributed by atoms with van der Waals surface area (Å²) in [5.41, 5.74) is 3.72. The number of rotatable bonds is 2. The van der Waals surface area contributed by atoms with Crippen molar-refractivity contribution in [1.82, 2.24) is 9.78 Å². The minimum atomic E-state index is 0.673. The van der Waals surface area contributed by atoms with Gasteiger partial charge in [0.25, 0.3) is 0 Å². The summed E-state index contributed by atoms with van der Waals surface area (Å²) in [6.07, 6.45) is 0.843. The second kappa shape index (κ2) is 4.11. The fourth-order valence-electron chi connectivity index (χ4n) is 2.11. The maximum atomic E-state index is 10.6. The van der Waals surface area contributed by atoms with Crippen molar-refractivity contribution >= 4 is 17.2 Å². The van der Waals surface area contributed by atoms with Crippen LogP contribution in [0.5, 0.6) is 0 Å². The van der Waals surface area contributed by atoms with Crippen LogP contribution in [0, 0.1) is 6.92 Å². The molecule has 0 atom stereocenters. The Labute approximate surface area is 105 Å². The maximum absolute atomic E-state index is 10.6. The molecule has 1 heterocycles. The average molecular weight is 236 g/mol. The van der Waals surface area contributed by atoms with E-state index < -0.39 is 0 Å². The topological polar surface area (TPSA) is 34.9 Å². The minimum absolute atomic E-state index is 0.673. The summed E-state index contributed by atoms with van der Waals surface area (Å²) in [7, 11) is 0. The van der Waals surface area contributed by atoms with Crippen LogP contribution in [0.25, 0.3) is 16.6 Å². The van der Waals surface area contributed by atoms with E-state index >= 15 is 0 Å². The molecule has 88 valence electrons. The molecule has 0 bridgehead atoms. The Morgan fingerprint density at radius 3 is 2.50 bits per heavy atom. The number of hydrogen-bond donors (Lipinski definition) is 0. The van der Waals surface area contributed by atoms with E-state index in [9.17, 15) is 4.79 Å². The van der Waals surface area contributed by atoms with Gasteiger partial charge in [0, 0.05) is 10.9 Å². The monoisotopic (exact) mass is 236 g/mol. The van der Waals surface area contributed by atoms with Gasteiger partial charge in [0.05, 0.1) is 16.9 Å². The summed E-state index contributed by atoms with van der Waals surface area (Å²) in [4.78, 5) is 10.6. The van der Waals surface area contributed by atoms with Crippen molar-refractivity contribution in [3.8, 4) is 5.69 Å². The van der Waals surface area contributed by atoms with E-state index in [0.717, 1.165) is 28.6 Å². The summed E-state index contributed by atoms with van der Waals surface area (Å²) in [6.45, 7) is 2.00. The third kappa shape index (κ3) is 1.61. The maximum Gasteiger partial charge on any atom is 0.150 e. The lowest BCUT2D eigenvalue weighted by molar-refractivity contribution is 0.112. The van der Waals surface area contributed by atoms with E-state index in [4.69, 9.17) is 0 Å². The number of benzene rings is 2. The molecule has 3 rings (SSSR count). The highest BCUT2D eigenvalue weighted by Crippen LogP contribution is 2.21. The molecule has 3 aromatic rings. The van der Waals surface area contributed by atoms with Crippen LogP contribution in [0.3, 0.4) is 0 Å². The molecule has 0 saturated heterocycles. The summed E-state index contributed by atoms with van der Waals surface area (Å²) in [5.74, 6) is 0. The van der Waals surface area contributed by atoms with Gasteiger partial charge in [-0.15, -0.1) is 0 Å². The van der Waals surface area contributed by atoms with Crippen molar-refractivity contribution in [3.63, 3.8) is 0 Å². The van der Waals surface area contributed by atoms with Gasteiger partial charge >= 0.3 is 0 Å². The largest absolute Gasteiger partial charge is 0.298 e. The van der Waals surface area contributed by atoms with Gasteiger partial charge in [-0.1, -0.05) is 18.2 Å². The van der Waals surface area contributed by atoms with Crippen molar-refractivity contribution < 1.29 is 4.79 Å². The third-order valence-corrected chi connectivity index (χ3v) is 3.05. The molecule has 2 aromatic carbocycles. The predicted molar refractivity (Wildman–Crippen MR) is 71.2 cm³/mol. The molecule has 0 spiro atoms. The molecular formula is C15H12N2O. The van der Waals surface area contributed by atoms with E-state index in [-0.39, 0.29) is 0 Å². The summed E-state index contributed by atoms with van der Waals surface area (Å²) in [6, 6.07) is 15.5. The molecule has 0 N–H and O–H groups in total. The number of aryl methyl sites for hydroxylation is 1. The standard InChI is InChI=1S/C15H12N2O/c1-11-14-4-2-3-5-15(14)17(16-11)13-8-6-12(10-18)7-9-13/h2-10H,1H3. The zero-order valence-electron chi connectivity index (χ0n) is 10.00. The summed E-state index contributed by atoms with van der Waals surface area (Å²) >= 11 is 0. The zero-order valence-corrected chi connectivity index (χ0v) is 10.00. The van der Waals surface area contributed by atoms with Gasteiger partial charge in [-0.3, -0.25) is 4.79 Å². The number of carbonyl (C=O) groups excluding carboxylic acids is 1. The number of nitrogens with zero attached hydrogens (tertiary/aromatic N) is 2. The second-order valence-corrected chi connectivity index (χ2v) is 4.22. The molecule has 3 nitrogen and oxygen atoms in total. The van der Waals surface area contributed by atoms with Crippen molar-refractivity contribution in [3.05, 3.63) is 59.8 Å². The molecule has 0 aliphatic rings. The van der Waals surface area contributed by atoms with Gasteiger partial charge in [-0.05, 0) is 37.3 Å². The second-order valence-electron chi connectivity index (χ2n) is 4.22. The zero-order chi connectivity index (χ0) is 12.5. The van der Waals surface area contributed by atoms with Gasteiger partial charge < -0.3 is 0 Å². The quantitative estimate of drug-likeness (QED) is 0.641. The van der Waals surface area contributed by atoms with Crippen LogP contribution >= 0.6 is 0 Å². The van der Waals surface area contributed by atoms with E-state index in [1.54, 1.807) is 12.1 Å². The van der Waals surface area contributed by atoms with Crippen LogP contribution in [0.15, 0.2) is 48.5 Å². The Balaban J connectivity index is 2.21. The number of fused-ring (bicyclic) bond motifs is 1. The first-order valence-electron chi connectivity index (χ1n) is 5.79. The van der Waals surface area contributed by atoms with E-state index in [0.29, 0.717) is 5.56 Å². The average Bonchev–Trinajstić information content (AvgIpc) is 2.77. The van der Waals surface area contributed by atoms with Crippen LogP contribution < -0.4 is 0 Å². The number of aromatic nitrogens is 2. The van der Waals surface area contributed by atoms with E-state index in [2.05, 4.69) is 11.2 Å². The Bertz CT molecular complexity index is 711. The molecule has 0 amide bonds. The Morgan fingerprint density at radius 1 is 1.06 bits per heavy atom. The predicted octanol–water partition coefficient (Wildman–Crippen LogP) is 3.15. The van der Waals surface area contributed by atoms with Crippen LogP contribution in [-0.4, -0.2) is 16.1 Å². The fraction of sp³-hybridized carbons (Fsp3) is 0.0667. The van der Waals surface area contributed by atoms with Gasteiger partial charge in [-0.25, -0.2) is 4.68 Å². The van der Waals surface area contributed by atoms with Gasteiger partial charge in [0.1, 0.15) is 6.29 Å². The highest BCUT2D eigenvalue weighted by molar-refractivity contribution is 5.83. The van der Waals surface area contributed by atoms with Gasteiger partial charge in [-0.2, -0.15) is 5.10 Å². The van der Waals surface area contributed by atoms with Crippen molar-refractivity contribution in [2.45, 2.75) is 6.92 Å². The van der Waals surface area contributed by atoms with Crippen LogP contribution in [-0.2, 0) is 0 Å². The van der Waals surface area contributed by atoms with Crippen LogP contribution in [0.4, 0.5) is 0 Å². The molecule has 0 fully saturated rings. The lowest BCUT2D eigenvalue weighted by atomic mass is 10.2. The number of para-hydroxylation sites is 1. The molecule has 1 aromatic heterocycles. The van der Waals surface area contributed by atoms with Gasteiger partial charge in [0.15, 0.2) is 0 Å². The highest BCUT2D eigenvalue weighted by Gasteiger charge is 2.07. The SMILES string of the molecule is Cc1nn(-c2ccc(C=O)cc2)c2ccccc12. The van der Waals surface area contributed by atoms with Crippen LogP contribution in [0.2, 0.25) is 0 Å². The number of carbonyl (C=O) groups is 1. The first-order valence-corrected chi connectivity index (χ1v) is 5.79. The Kier molecular flexibility index (Phi) is 2.45. The van der Waals surface area contributed by atoms with Crippen molar-refractivity contribution in [2.24, 2.45) is 0 Å². The summed E-state index contributed by atoms with van der Waals surface area (Å²) in [5, 5.41) is 5.69. The molecule has 0 radical (unpaired) electrons. The first kappa shape index (κ1) is 10.7. The van der Waals surface area contributed by atoms with Crippen molar-refractivity contribution in [1.29, 1.82) is 0 Å². The summed E-state index contributed by atoms with van der Waals surface area (Å²) < 4.78 is 1.90. The van der Waals surface area contributed by atoms with E-state index in [1.165, 1.54) is 0 Å². The molecule has 0 unspecified atom stereocenters. The van der Waals surface area contributed by atoms with E-state index in [1.807, 2.05) is 41.9 Å². The Morgan fingerprint density at radius 2 is 1.78 bits per heavy atom. The smallest absolute Gasteiger partial charge is 0.150 e. The molecule has 0 aliphatic carbocycles. The lowest BCUT2D eigenvalue weighted by Gasteiger charge is -2.03. The molecule has 3 heteroatoms. The minimum Gasteiger partial charge on any atom is -0.298 e. The fourth-order valence-corrected chi connectivity index (χ4v) is 2.11. The molecule has 0 saturated carbocycles.